The molecule has 1 aliphatic carbocycles. The summed E-state index contributed by atoms with van der Waals surface area (Å²) in [5.41, 5.74) is 0. The van der Waals surface area contributed by atoms with E-state index in [1.165, 1.54) is 4.88 Å². The Morgan fingerprint density at radius 3 is 2.91 bits per heavy atom. The Hall–Kier alpha value is -0.910. The van der Waals surface area contributed by atoms with E-state index < -0.39 is 0 Å². The molecular weight excluding hydrogens is 296 g/mol. The van der Waals surface area contributed by atoms with E-state index in [4.69, 9.17) is 0 Å². The van der Waals surface area contributed by atoms with Crippen LogP contribution in [0.4, 0.5) is 0 Å². The SMILES string of the molecule is CC(C(=O)N1CCCC1c1cccs1)N(C)CC(O)C1CC1. The van der Waals surface area contributed by atoms with Crippen molar-refractivity contribution >= 4 is 17.2 Å². The number of aliphatic hydroxyl groups excluding tert-OH is 1. The van der Waals surface area contributed by atoms with Crippen LogP contribution in [-0.4, -0.2) is 53.1 Å². The summed E-state index contributed by atoms with van der Waals surface area (Å²) < 4.78 is 0. The quantitative estimate of drug-likeness (QED) is 0.875. The number of likely N-dealkylation sites (N-methyl/N-ethyl adjacent to an activating group) is 1. The highest BCUT2D eigenvalue weighted by Crippen LogP contribution is 2.35. The number of likely N-dealkylation sites (tertiary alicyclic amines) is 1. The van der Waals surface area contributed by atoms with E-state index in [1.54, 1.807) is 11.3 Å². The van der Waals surface area contributed by atoms with E-state index in [0.29, 0.717) is 12.5 Å². The Morgan fingerprint density at radius 2 is 2.27 bits per heavy atom. The van der Waals surface area contributed by atoms with E-state index in [0.717, 1.165) is 32.2 Å². The fourth-order valence-corrected chi connectivity index (χ4v) is 4.19. The van der Waals surface area contributed by atoms with E-state index in [-0.39, 0.29) is 24.1 Å². The molecule has 2 aliphatic rings. The molecule has 3 atom stereocenters. The van der Waals surface area contributed by atoms with Crippen LogP contribution in [0.3, 0.4) is 0 Å². The first-order chi connectivity index (χ1) is 10.6. The molecule has 1 aromatic heterocycles. The average molecular weight is 322 g/mol. The maximum Gasteiger partial charge on any atom is 0.240 e. The summed E-state index contributed by atoms with van der Waals surface area (Å²) in [5, 5.41) is 12.2. The minimum absolute atomic E-state index is 0.172. The van der Waals surface area contributed by atoms with E-state index in [2.05, 4.69) is 17.5 Å². The van der Waals surface area contributed by atoms with Crippen molar-refractivity contribution in [2.45, 2.75) is 50.8 Å². The standard InChI is InChI=1S/C17H26N2O2S/c1-12(18(2)11-15(20)13-7-8-13)17(21)19-9-3-5-14(19)16-6-4-10-22-16/h4,6,10,12-15,20H,3,5,7-9,11H2,1-2H3. The van der Waals surface area contributed by atoms with Crippen molar-refractivity contribution in [2.75, 3.05) is 20.1 Å². The number of thiophene rings is 1. The van der Waals surface area contributed by atoms with Crippen LogP contribution in [0.5, 0.6) is 0 Å². The largest absolute Gasteiger partial charge is 0.392 e. The molecule has 2 fully saturated rings. The molecule has 4 nitrogen and oxygen atoms in total. The molecular formula is C17H26N2O2S. The van der Waals surface area contributed by atoms with Gasteiger partial charge in [0.25, 0.3) is 0 Å². The minimum Gasteiger partial charge on any atom is -0.392 e. The second-order valence-electron chi connectivity index (χ2n) is 6.73. The fourth-order valence-electron chi connectivity index (χ4n) is 3.32. The van der Waals surface area contributed by atoms with Crippen LogP contribution < -0.4 is 0 Å². The minimum atomic E-state index is -0.285. The molecule has 1 aliphatic heterocycles. The molecule has 1 aromatic rings. The van der Waals surface area contributed by atoms with Gasteiger partial charge in [-0.2, -0.15) is 0 Å². The third kappa shape index (κ3) is 3.36. The highest BCUT2D eigenvalue weighted by Gasteiger charge is 2.36. The van der Waals surface area contributed by atoms with Crippen LogP contribution in [-0.2, 0) is 4.79 Å². The van der Waals surface area contributed by atoms with Gasteiger partial charge >= 0.3 is 0 Å². The summed E-state index contributed by atoms with van der Waals surface area (Å²) >= 11 is 1.74. The summed E-state index contributed by atoms with van der Waals surface area (Å²) in [4.78, 5) is 18.2. The Morgan fingerprint density at radius 1 is 1.50 bits per heavy atom. The Balaban J connectivity index is 1.61. The molecule has 2 heterocycles. The summed E-state index contributed by atoms with van der Waals surface area (Å²) in [7, 11) is 1.95. The maximum absolute atomic E-state index is 12.9. The highest BCUT2D eigenvalue weighted by atomic mass is 32.1. The normalized spacial score (nSPS) is 24.7. The topological polar surface area (TPSA) is 43.8 Å². The predicted molar refractivity (Wildman–Crippen MR) is 88.8 cm³/mol. The zero-order chi connectivity index (χ0) is 15.7. The van der Waals surface area contributed by atoms with E-state index in [9.17, 15) is 9.90 Å². The first kappa shape index (κ1) is 16.0. The first-order valence-electron chi connectivity index (χ1n) is 8.30. The molecule has 0 bridgehead atoms. The number of hydrogen-bond acceptors (Lipinski definition) is 4. The molecule has 5 heteroatoms. The zero-order valence-electron chi connectivity index (χ0n) is 13.4. The van der Waals surface area contributed by atoms with Gasteiger partial charge in [-0.25, -0.2) is 0 Å². The van der Waals surface area contributed by atoms with Crippen LogP contribution in [0.25, 0.3) is 0 Å². The second kappa shape index (κ2) is 6.69. The smallest absolute Gasteiger partial charge is 0.240 e. The van der Waals surface area contributed by atoms with Gasteiger partial charge in [0.05, 0.1) is 18.2 Å². The van der Waals surface area contributed by atoms with Gasteiger partial charge in [0.2, 0.25) is 5.91 Å². The lowest BCUT2D eigenvalue weighted by molar-refractivity contribution is -0.137. The number of amides is 1. The Labute approximate surface area is 136 Å². The molecule has 0 aromatic carbocycles. The van der Waals surface area contributed by atoms with Gasteiger partial charge in [-0.1, -0.05) is 6.07 Å². The lowest BCUT2D eigenvalue weighted by atomic mass is 10.1. The van der Waals surface area contributed by atoms with Crippen molar-refractivity contribution in [3.63, 3.8) is 0 Å². The van der Waals surface area contributed by atoms with Crippen LogP contribution in [0.2, 0.25) is 0 Å². The van der Waals surface area contributed by atoms with Crippen molar-refractivity contribution in [1.29, 1.82) is 0 Å². The van der Waals surface area contributed by atoms with Gasteiger partial charge in [0.15, 0.2) is 0 Å². The lowest BCUT2D eigenvalue weighted by Gasteiger charge is -2.32. The van der Waals surface area contributed by atoms with Gasteiger partial charge in [-0.3, -0.25) is 9.69 Å². The van der Waals surface area contributed by atoms with E-state index >= 15 is 0 Å². The van der Waals surface area contributed by atoms with Gasteiger partial charge in [0.1, 0.15) is 0 Å². The lowest BCUT2D eigenvalue weighted by Crippen LogP contribution is -2.47. The fraction of sp³-hybridized carbons (Fsp3) is 0.706. The number of carbonyl (C=O) groups excluding carboxylic acids is 1. The van der Waals surface area contributed by atoms with Crippen LogP contribution in [0.1, 0.15) is 43.5 Å². The summed E-state index contributed by atoms with van der Waals surface area (Å²) in [6.07, 6.45) is 4.11. The van der Waals surface area contributed by atoms with E-state index in [1.807, 2.05) is 23.8 Å². The number of nitrogens with zero attached hydrogens (tertiary/aromatic N) is 2. The first-order valence-corrected chi connectivity index (χ1v) is 9.18. The second-order valence-corrected chi connectivity index (χ2v) is 7.70. The molecule has 0 spiro atoms. The highest BCUT2D eigenvalue weighted by molar-refractivity contribution is 7.10. The van der Waals surface area contributed by atoms with Crippen LogP contribution in [0, 0.1) is 5.92 Å². The van der Waals surface area contributed by atoms with Gasteiger partial charge < -0.3 is 10.0 Å². The summed E-state index contributed by atoms with van der Waals surface area (Å²) in [5.74, 6) is 0.650. The average Bonchev–Trinajstić information content (AvgIpc) is 3.02. The molecule has 1 saturated heterocycles. The predicted octanol–water partition coefficient (Wildman–Crippen LogP) is 2.50. The number of aliphatic hydroxyl groups is 1. The molecule has 1 saturated carbocycles. The van der Waals surface area contributed by atoms with Gasteiger partial charge in [-0.05, 0) is 57.0 Å². The van der Waals surface area contributed by atoms with Crippen molar-refractivity contribution < 1.29 is 9.90 Å². The molecule has 3 rings (SSSR count). The van der Waals surface area contributed by atoms with Gasteiger partial charge in [0, 0.05) is 18.0 Å². The Bertz CT molecular complexity index is 501. The molecule has 1 amide bonds. The Kier molecular flexibility index (Phi) is 4.85. The summed E-state index contributed by atoms with van der Waals surface area (Å²) in [6, 6.07) is 4.26. The third-order valence-electron chi connectivity index (χ3n) is 5.07. The number of hydrogen-bond donors (Lipinski definition) is 1. The number of carbonyl (C=O) groups is 1. The molecule has 1 N–H and O–H groups in total. The number of rotatable bonds is 6. The summed E-state index contributed by atoms with van der Waals surface area (Å²) in [6.45, 7) is 3.41. The van der Waals surface area contributed by atoms with Crippen molar-refractivity contribution in [3.05, 3.63) is 22.4 Å². The van der Waals surface area contributed by atoms with Gasteiger partial charge in [-0.15, -0.1) is 11.3 Å². The third-order valence-corrected chi connectivity index (χ3v) is 6.04. The molecule has 0 radical (unpaired) electrons. The van der Waals surface area contributed by atoms with Crippen molar-refractivity contribution in [3.8, 4) is 0 Å². The van der Waals surface area contributed by atoms with Crippen molar-refractivity contribution in [1.82, 2.24) is 9.80 Å². The monoisotopic (exact) mass is 322 g/mol. The zero-order valence-corrected chi connectivity index (χ0v) is 14.3. The van der Waals surface area contributed by atoms with Crippen LogP contribution in [0.15, 0.2) is 17.5 Å². The molecule has 22 heavy (non-hydrogen) atoms. The molecule has 3 unspecified atom stereocenters. The van der Waals surface area contributed by atoms with Crippen molar-refractivity contribution in [2.24, 2.45) is 5.92 Å². The van der Waals surface area contributed by atoms with Crippen LogP contribution >= 0.6 is 11.3 Å². The maximum atomic E-state index is 12.9. The molecule has 122 valence electrons.